The molecule has 0 radical (unpaired) electrons. The summed E-state index contributed by atoms with van der Waals surface area (Å²) in [6, 6.07) is 5.41. The van der Waals surface area contributed by atoms with Crippen LogP contribution in [0.4, 0.5) is 22.4 Å². The van der Waals surface area contributed by atoms with E-state index in [2.05, 4.69) is 20.4 Å². The third-order valence-electron chi connectivity index (χ3n) is 3.86. The van der Waals surface area contributed by atoms with Gasteiger partial charge in [-0.1, -0.05) is 24.3 Å². The number of nitrogens with zero attached hydrogens (tertiary/aromatic N) is 1. The van der Waals surface area contributed by atoms with Gasteiger partial charge in [0.25, 0.3) is 0 Å². The van der Waals surface area contributed by atoms with Crippen LogP contribution in [0.2, 0.25) is 0 Å². The summed E-state index contributed by atoms with van der Waals surface area (Å²) >= 11 is 0. The number of rotatable bonds is 7. The molecule has 1 aromatic carbocycles. The van der Waals surface area contributed by atoms with Crippen molar-refractivity contribution in [2.75, 3.05) is 13.2 Å². The predicted octanol–water partition coefficient (Wildman–Crippen LogP) is 3.52. The van der Waals surface area contributed by atoms with Crippen LogP contribution in [0.1, 0.15) is 35.3 Å². The lowest BCUT2D eigenvalue weighted by Gasteiger charge is -2.22. The molecule has 156 valence electrons. The van der Waals surface area contributed by atoms with Gasteiger partial charge in [-0.05, 0) is 30.2 Å². The van der Waals surface area contributed by atoms with E-state index >= 15 is 0 Å². The average Bonchev–Trinajstić information content (AvgIpc) is 2.70. The molecule has 10 heteroatoms. The van der Waals surface area contributed by atoms with Gasteiger partial charge >= 0.3 is 18.2 Å². The molecule has 0 aliphatic heterocycles. The number of carbonyl (C=O) groups excluding carboxylic acids is 2. The summed E-state index contributed by atoms with van der Waals surface area (Å²) in [6.07, 6.45) is -3.53. The maximum Gasteiger partial charge on any atom is 0.418 e. The third-order valence-corrected chi connectivity index (χ3v) is 3.86. The maximum absolute atomic E-state index is 13.4. The lowest BCUT2D eigenvalue weighted by molar-refractivity contribution is -0.141. The van der Waals surface area contributed by atoms with Gasteiger partial charge < -0.3 is 15.4 Å². The second-order valence-corrected chi connectivity index (χ2v) is 5.87. The number of ether oxygens (including phenoxy) is 1. The normalized spacial score (nSPS) is 12.2. The van der Waals surface area contributed by atoms with Crippen molar-refractivity contribution in [1.29, 1.82) is 0 Å². The molecule has 0 saturated heterocycles. The zero-order chi connectivity index (χ0) is 21.4. The number of nitrogens with one attached hydrogen (secondary N) is 2. The van der Waals surface area contributed by atoms with Gasteiger partial charge in [0.15, 0.2) is 0 Å². The largest absolute Gasteiger partial charge is 0.465 e. The highest BCUT2D eigenvalue weighted by Gasteiger charge is 2.37. The van der Waals surface area contributed by atoms with Crippen molar-refractivity contribution < 1.29 is 31.9 Å². The number of halogens is 4. The summed E-state index contributed by atoms with van der Waals surface area (Å²) in [5, 5.41) is 4.61. The number of esters is 1. The minimum atomic E-state index is -4.70. The van der Waals surface area contributed by atoms with Crippen molar-refractivity contribution in [1.82, 2.24) is 15.6 Å². The Hall–Kier alpha value is -3.17. The Morgan fingerprint density at radius 3 is 2.45 bits per heavy atom. The Balaban J connectivity index is 2.34. The number of urea groups is 1. The zero-order valence-electron chi connectivity index (χ0n) is 15.4. The topological polar surface area (TPSA) is 80.3 Å². The molecular weight excluding hydrogens is 394 g/mol. The van der Waals surface area contributed by atoms with Crippen molar-refractivity contribution in [2.24, 2.45) is 0 Å². The number of carbonyl (C=O) groups is 2. The van der Waals surface area contributed by atoms with E-state index in [4.69, 9.17) is 0 Å². The number of alkyl halides is 4. The van der Waals surface area contributed by atoms with E-state index < -0.39 is 48.7 Å². The molecule has 29 heavy (non-hydrogen) atoms. The van der Waals surface area contributed by atoms with E-state index in [1.807, 2.05) is 0 Å². The minimum absolute atomic E-state index is 0.120. The van der Waals surface area contributed by atoms with E-state index in [1.165, 1.54) is 30.5 Å². The highest BCUT2D eigenvalue weighted by Crippen LogP contribution is 2.35. The number of benzene rings is 1. The van der Waals surface area contributed by atoms with Crippen molar-refractivity contribution >= 4 is 12.0 Å². The first kappa shape index (κ1) is 22.1. The van der Waals surface area contributed by atoms with Crippen LogP contribution >= 0.6 is 0 Å². The molecule has 2 amide bonds. The quantitative estimate of drug-likeness (QED) is 0.538. The van der Waals surface area contributed by atoms with Gasteiger partial charge in [0.1, 0.15) is 13.2 Å². The van der Waals surface area contributed by atoms with Crippen LogP contribution in [0.3, 0.4) is 0 Å². The average molecular weight is 413 g/mol. The van der Waals surface area contributed by atoms with Gasteiger partial charge in [-0.25, -0.2) is 9.18 Å². The molecule has 2 rings (SSSR count). The summed E-state index contributed by atoms with van der Waals surface area (Å²) < 4.78 is 57.8. The van der Waals surface area contributed by atoms with E-state index in [0.717, 1.165) is 12.1 Å². The monoisotopic (exact) mass is 413 g/mol. The van der Waals surface area contributed by atoms with E-state index in [0.29, 0.717) is 5.56 Å². The van der Waals surface area contributed by atoms with Crippen molar-refractivity contribution in [3.8, 4) is 0 Å². The molecule has 1 atom stereocenters. The van der Waals surface area contributed by atoms with E-state index in [-0.39, 0.29) is 12.2 Å². The van der Waals surface area contributed by atoms with Gasteiger partial charge in [-0.15, -0.1) is 0 Å². The zero-order valence-corrected chi connectivity index (χ0v) is 15.4. The molecule has 0 aliphatic rings. The van der Waals surface area contributed by atoms with Crippen molar-refractivity contribution in [3.63, 3.8) is 0 Å². The Bertz CT molecular complexity index is 841. The lowest BCUT2D eigenvalue weighted by Crippen LogP contribution is -2.41. The molecule has 0 saturated carbocycles. The fraction of sp³-hybridized carbons (Fsp3) is 0.316. The first-order valence-corrected chi connectivity index (χ1v) is 8.63. The van der Waals surface area contributed by atoms with Gasteiger partial charge in [-0.3, -0.25) is 9.78 Å². The maximum atomic E-state index is 13.4. The second-order valence-electron chi connectivity index (χ2n) is 5.87. The molecule has 6 nitrogen and oxygen atoms in total. The molecule has 0 unspecified atom stereocenters. The second kappa shape index (κ2) is 9.85. The number of hydrogen-bond donors (Lipinski definition) is 2. The highest BCUT2D eigenvalue weighted by molar-refractivity contribution is 5.81. The van der Waals surface area contributed by atoms with Crippen LogP contribution in [0, 0.1) is 0 Å². The Morgan fingerprint density at radius 1 is 1.17 bits per heavy atom. The van der Waals surface area contributed by atoms with Crippen LogP contribution in [-0.2, 0) is 22.4 Å². The summed E-state index contributed by atoms with van der Waals surface area (Å²) in [4.78, 5) is 27.4. The van der Waals surface area contributed by atoms with Gasteiger partial charge in [-0.2, -0.15) is 13.2 Å². The highest BCUT2D eigenvalue weighted by atomic mass is 19.4. The molecule has 0 aliphatic carbocycles. The Kier molecular flexibility index (Phi) is 7.52. The fourth-order valence-corrected chi connectivity index (χ4v) is 2.54. The molecule has 2 N–H and O–H groups in total. The molecule has 0 fully saturated rings. The molecule has 0 spiro atoms. The first-order chi connectivity index (χ1) is 13.8. The fourth-order valence-electron chi connectivity index (χ4n) is 2.54. The summed E-state index contributed by atoms with van der Waals surface area (Å²) in [5.74, 6) is -0.694. The van der Waals surface area contributed by atoms with Crippen molar-refractivity contribution in [3.05, 3.63) is 65.0 Å². The van der Waals surface area contributed by atoms with Gasteiger partial charge in [0.05, 0.1) is 23.9 Å². The van der Waals surface area contributed by atoms with Crippen LogP contribution in [0.25, 0.3) is 0 Å². The third kappa shape index (κ3) is 6.16. The smallest absolute Gasteiger partial charge is 0.418 e. The Morgan fingerprint density at radius 2 is 1.86 bits per heavy atom. The molecular formula is C19H19F4N3O3. The van der Waals surface area contributed by atoms with Crippen molar-refractivity contribution in [2.45, 2.75) is 25.8 Å². The SMILES string of the molecule is CCOC(=O)CNC(=O)N[C@@H](c1ccc(CF)cc1)c1ncccc1C(F)(F)F. The molecule has 2 aromatic rings. The Labute approximate surface area is 164 Å². The molecule has 1 aromatic heterocycles. The van der Waals surface area contributed by atoms with Crippen LogP contribution in [0.15, 0.2) is 42.6 Å². The van der Waals surface area contributed by atoms with Crippen LogP contribution in [-0.4, -0.2) is 30.1 Å². The van der Waals surface area contributed by atoms with E-state index in [9.17, 15) is 27.2 Å². The standard InChI is InChI=1S/C19H19F4N3O3/c1-2-29-15(27)11-25-18(28)26-16(13-7-5-12(10-20)6-8-13)17-14(19(21,22)23)4-3-9-24-17/h3-9,16H,2,10-11H2,1H3,(H2,25,26,28)/t16-/m0/s1. The summed E-state index contributed by atoms with van der Waals surface area (Å²) in [7, 11) is 0. The number of aromatic nitrogens is 1. The summed E-state index contributed by atoms with van der Waals surface area (Å²) in [6.45, 7) is 0.515. The summed E-state index contributed by atoms with van der Waals surface area (Å²) in [5.41, 5.74) is -0.862. The number of amides is 2. The minimum Gasteiger partial charge on any atom is -0.465 e. The number of hydrogen-bond acceptors (Lipinski definition) is 4. The predicted molar refractivity (Wildman–Crippen MR) is 95.5 cm³/mol. The van der Waals surface area contributed by atoms with Gasteiger partial charge in [0.2, 0.25) is 0 Å². The van der Waals surface area contributed by atoms with Crippen LogP contribution in [0.5, 0.6) is 0 Å². The lowest BCUT2D eigenvalue weighted by atomic mass is 9.98. The molecule has 0 bridgehead atoms. The number of pyridine rings is 1. The first-order valence-electron chi connectivity index (χ1n) is 8.63. The van der Waals surface area contributed by atoms with Gasteiger partial charge in [0, 0.05) is 6.20 Å². The van der Waals surface area contributed by atoms with Crippen LogP contribution < -0.4 is 10.6 Å². The molecule has 1 heterocycles. The van der Waals surface area contributed by atoms with E-state index in [1.54, 1.807) is 6.92 Å².